The van der Waals surface area contributed by atoms with Gasteiger partial charge in [0.15, 0.2) is 0 Å². The van der Waals surface area contributed by atoms with E-state index in [1.54, 1.807) is 0 Å². The predicted molar refractivity (Wildman–Crippen MR) is 34.1 cm³/mol. The van der Waals surface area contributed by atoms with Gasteiger partial charge in [0.05, 0.1) is 0 Å². The molecule has 0 fully saturated rings. The summed E-state index contributed by atoms with van der Waals surface area (Å²) in [7, 11) is -6.61. The Bertz CT molecular complexity index is 46.1. The molecular weight excluding hydrogens is 303 g/mol. The second-order valence-corrected chi connectivity index (χ2v) is 1.81. The van der Waals surface area contributed by atoms with E-state index in [-0.39, 0.29) is 32.9 Å². The van der Waals surface area contributed by atoms with E-state index < -0.39 is 27.5 Å². The fraction of sp³-hybridized carbons (Fsp3) is 0. The van der Waals surface area contributed by atoms with Crippen molar-refractivity contribution >= 4 is 9.41 Å². The molecular formula is H12F6O6SiZn. The first kappa shape index (κ1) is 64.5. The van der Waals surface area contributed by atoms with Crippen molar-refractivity contribution in [3.63, 3.8) is 0 Å². The van der Waals surface area contributed by atoms with Crippen LogP contribution in [0.2, 0.25) is 0 Å². The molecule has 0 heterocycles. The quantitative estimate of drug-likeness (QED) is 0.253. The molecule has 0 saturated carbocycles. The second-order valence-electron chi connectivity index (χ2n) is 0.530. The Morgan fingerprint density at radius 2 is 0.571 bits per heavy atom. The molecule has 14 heavy (non-hydrogen) atoms. The monoisotopic (exact) mass is 314 g/mol. The van der Waals surface area contributed by atoms with Crippen LogP contribution in [0.25, 0.3) is 0 Å². The van der Waals surface area contributed by atoms with Gasteiger partial charge in [-0.1, -0.05) is 0 Å². The molecule has 0 spiro atoms. The van der Waals surface area contributed by atoms with Crippen LogP contribution in [0, 0.1) is 0 Å². The van der Waals surface area contributed by atoms with Crippen molar-refractivity contribution in [2.75, 3.05) is 0 Å². The van der Waals surface area contributed by atoms with E-state index in [1.165, 1.54) is 0 Å². The van der Waals surface area contributed by atoms with E-state index in [2.05, 4.69) is 0 Å². The third kappa shape index (κ3) is 46900. The molecule has 6 nitrogen and oxygen atoms in total. The van der Waals surface area contributed by atoms with E-state index in [1.807, 2.05) is 0 Å². The van der Waals surface area contributed by atoms with E-state index >= 15 is 0 Å². The summed E-state index contributed by atoms with van der Waals surface area (Å²) in [5.74, 6) is 0. The summed E-state index contributed by atoms with van der Waals surface area (Å²) < 4.78 is 58.9. The van der Waals surface area contributed by atoms with E-state index in [9.17, 15) is 23.1 Å². The molecule has 0 aromatic heterocycles. The maximum atomic E-state index is 9.83. The van der Waals surface area contributed by atoms with Crippen LogP contribution < -0.4 is 0 Å². The fourth-order valence-corrected chi connectivity index (χ4v) is 0. The number of halogens is 6. The topological polar surface area (TPSA) is 189 Å². The number of rotatable bonds is 0. The fourth-order valence-electron chi connectivity index (χ4n) is 0. The Kier molecular flexibility index (Phi) is 175. The van der Waals surface area contributed by atoms with Gasteiger partial charge in [0.1, 0.15) is 0 Å². The van der Waals surface area contributed by atoms with Gasteiger partial charge >= 0.3 is 34.2 Å². The summed E-state index contributed by atoms with van der Waals surface area (Å²) in [5, 5.41) is 0. The molecule has 12 N–H and O–H groups in total. The molecule has 0 aliphatic rings. The molecule has 0 aliphatic carbocycles. The van der Waals surface area contributed by atoms with Crippen molar-refractivity contribution < 1.29 is 74.0 Å². The molecule has 0 radical (unpaired) electrons. The minimum absolute atomic E-state index is 0. The second kappa shape index (κ2) is 37.9. The first-order valence-electron chi connectivity index (χ1n) is 1.29. The minimum atomic E-state index is -6.61. The van der Waals surface area contributed by atoms with Gasteiger partial charge in [-0.2, -0.15) is 0 Å². The molecule has 0 saturated heterocycles. The Morgan fingerprint density at radius 1 is 0.571 bits per heavy atom. The van der Waals surface area contributed by atoms with Crippen molar-refractivity contribution in [2.24, 2.45) is 0 Å². The zero-order valence-electron chi connectivity index (χ0n) is 6.47. The van der Waals surface area contributed by atoms with Crippen molar-refractivity contribution in [1.29, 1.82) is 0 Å². The SMILES string of the molecule is F[Si](F)(F)F.O.O.O.O.O.O.[F][Zn][F]. The van der Waals surface area contributed by atoms with Crippen LogP contribution in [0.5, 0.6) is 0 Å². The van der Waals surface area contributed by atoms with E-state index in [4.69, 9.17) is 0 Å². The molecule has 96 valence electrons. The molecule has 14 heteroatoms. The molecule has 0 bridgehead atoms. The first-order chi connectivity index (χ1) is 3.41. The normalized spacial score (nSPS) is 5.00. The summed E-state index contributed by atoms with van der Waals surface area (Å²) in [5.41, 5.74) is 0. The van der Waals surface area contributed by atoms with Crippen LogP contribution in [0.1, 0.15) is 0 Å². The van der Waals surface area contributed by atoms with Gasteiger partial charge in [0.25, 0.3) is 0 Å². The summed E-state index contributed by atoms with van der Waals surface area (Å²) in [6.07, 6.45) is 0. The Morgan fingerprint density at radius 3 is 0.571 bits per heavy atom. The molecule has 0 rings (SSSR count). The zero-order valence-corrected chi connectivity index (χ0v) is 10.4. The van der Waals surface area contributed by atoms with Gasteiger partial charge in [-0.15, -0.1) is 0 Å². The van der Waals surface area contributed by atoms with Crippen LogP contribution in [0.3, 0.4) is 0 Å². The van der Waals surface area contributed by atoms with Crippen LogP contribution in [0.15, 0.2) is 0 Å². The Labute approximate surface area is 84.2 Å². The Balaban J connectivity index is -0.00000000626. The third-order valence-electron chi connectivity index (χ3n) is 0. The van der Waals surface area contributed by atoms with Crippen LogP contribution in [0.4, 0.5) is 23.1 Å². The van der Waals surface area contributed by atoms with E-state index in [0.29, 0.717) is 0 Å². The molecule has 0 aromatic rings. The molecule has 0 atom stereocenters. The van der Waals surface area contributed by atoms with Crippen LogP contribution in [-0.2, 0) is 18.1 Å². The first-order valence-corrected chi connectivity index (χ1v) is 5.05. The van der Waals surface area contributed by atoms with Gasteiger partial charge in [0.2, 0.25) is 0 Å². The molecule has 0 amide bonds. The third-order valence-corrected chi connectivity index (χ3v) is 0. The summed E-state index contributed by atoms with van der Waals surface area (Å²) in [6.45, 7) is 0. The summed E-state index contributed by atoms with van der Waals surface area (Å²) in [6, 6.07) is 0. The van der Waals surface area contributed by atoms with Gasteiger partial charge in [-0.3, -0.25) is 0 Å². The average Bonchev–Trinajstić information content (AvgIpc) is 1.27. The molecule has 0 aliphatic heterocycles. The van der Waals surface area contributed by atoms with Gasteiger partial charge < -0.3 is 32.9 Å². The number of hydrogen-bond acceptors (Lipinski definition) is 0. The standard InChI is InChI=1S/F4Si.2FH.6H2O.Zn/c1-5(2,3)4;;;;;;;;;/h;2*1H;6*1H2;/q;;;;;;;;;+2/p-2. The summed E-state index contributed by atoms with van der Waals surface area (Å²) in [4.78, 5) is 0. The average molecular weight is 316 g/mol. The summed E-state index contributed by atoms with van der Waals surface area (Å²) >= 11 is -2.88. The van der Waals surface area contributed by atoms with Gasteiger partial charge in [-0.25, -0.2) is 16.4 Å². The molecule has 0 unspecified atom stereocenters. The van der Waals surface area contributed by atoms with Crippen molar-refractivity contribution in [2.45, 2.75) is 0 Å². The van der Waals surface area contributed by atoms with Gasteiger partial charge in [0, 0.05) is 0 Å². The Hall–Kier alpha value is 0.180. The van der Waals surface area contributed by atoms with Crippen molar-refractivity contribution in [1.82, 2.24) is 0 Å². The van der Waals surface area contributed by atoms with E-state index in [0.717, 1.165) is 0 Å². The maximum absolute atomic E-state index is 9.83. The number of hydrogen-bond donors (Lipinski definition) is 0. The van der Waals surface area contributed by atoms with Gasteiger partial charge in [-0.05, 0) is 0 Å². The van der Waals surface area contributed by atoms with Crippen LogP contribution in [-0.4, -0.2) is 42.3 Å². The van der Waals surface area contributed by atoms with Crippen LogP contribution >= 0.6 is 0 Å². The molecule has 0 aromatic carbocycles. The predicted octanol–water partition coefficient (Wildman–Crippen LogP) is -2.81. The van der Waals surface area contributed by atoms with Crippen molar-refractivity contribution in [3.8, 4) is 0 Å². The van der Waals surface area contributed by atoms with Crippen molar-refractivity contribution in [3.05, 3.63) is 0 Å². The zero-order chi connectivity index (χ0) is 7.21.